The van der Waals surface area contributed by atoms with Gasteiger partial charge in [-0.05, 0) is 54.9 Å². The maximum atomic E-state index is 13.2. The molecule has 0 aromatic heterocycles. The number of ether oxygens (including phenoxy) is 1. The molecule has 1 heterocycles. The monoisotopic (exact) mass is 475 g/mol. The highest BCUT2D eigenvalue weighted by atomic mass is 19.4. The van der Waals surface area contributed by atoms with Gasteiger partial charge < -0.3 is 10.1 Å². The zero-order valence-corrected chi connectivity index (χ0v) is 18.3. The first kappa shape index (κ1) is 25.3. The van der Waals surface area contributed by atoms with E-state index in [9.17, 15) is 31.1 Å². The fourth-order valence-corrected chi connectivity index (χ4v) is 4.69. The first-order chi connectivity index (χ1) is 15.3. The maximum absolute atomic E-state index is 13.2. The van der Waals surface area contributed by atoms with Crippen LogP contribution in [0.2, 0.25) is 0 Å². The molecule has 33 heavy (non-hydrogen) atoms. The van der Waals surface area contributed by atoms with Gasteiger partial charge in [0.15, 0.2) is 0 Å². The van der Waals surface area contributed by atoms with Crippen LogP contribution in [-0.4, -0.2) is 19.1 Å². The number of alkyl halides is 6. The average molecular weight is 475 g/mol. The van der Waals surface area contributed by atoms with E-state index in [1.807, 2.05) is 18.2 Å². The number of allylic oxidation sites excluding steroid dienone is 4. The van der Waals surface area contributed by atoms with Crippen LogP contribution in [0.25, 0.3) is 0 Å². The molecule has 2 atom stereocenters. The van der Waals surface area contributed by atoms with Gasteiger partial charge in [0, 0.05) is 18.4 Å². The third-order valence-electron chi connectivity index (χ3n) is 6.74. The molecule has 1 aliphatic carbocycles. The van der Waals surface area contributed by atoms with Gasteiger partial charge in [-0.15, -0.1) is 0 Å². The van der Waals surface area contributed by atoms with Gasteiger partial charge in [-0.1, -0.05) is 31.2 Å². The third kappa shape index (κ3) is 5.99. The number of amides is 1. The summed E-state index contributed by atoms with van der Waals surface area (Å²) in [6, 6.07) is 1.50. The van der Waals surface area contributed by atoms with Crippen molar-refractivity contribution < 1.29 is 35.9 Å². The summed E-state index contributed by atoms with van der Waals surface area (Å²) in [6.07, 6.45) is 0.999. The van der Waals surface area contributed by atoms with Crippen LogP contribution in [-0.2, 0) is 28.5 Å². The fraction of sp³-hybridized carbons (Fsp3) is 0.542. The van der Waals surface area contributed by atoms with Gasteiger partial charge in [-0.2, -0.15) is 26.3 Å². The predicted molar refractivity (Wildman–Crippen MR) is 111 cm³/mol. The SMILES string of the molecule is CC1(C2(COCc3cc(C(F)(F)F)cc(C(F)(F)F)c3)CCCNC(=O)CC2)C=CC=CC1. The van der Waals surface area contributed by atoms with Gasteiger partial charge in [0.2, 0.25) is 5.91 Å². The number of nitrogens with one attached hydrogen (secondary N) is 1. The van der Waals surface area contributed by atoms with E-state index in [1.165, 1.54) is 0 Å². The number of hydrogen-bond acceptors (Lipinski definition) is 2. The largest absolute Gasteiger partial charge is 0.416 e. The van der Waals surface area contributed by atoms with E-state index >= 15 is 0 Å². The van der Waals surface area contributed by atoms with E-state index in [-0.39, 0.29) is 36.0 Å². The zero-order valence-electron chi connectivity index (χ0n) is 18.3. The Morgan fingerprint density at radius 1 is 1.00 bits per heavy atom. The lowest BCUT2D eigenvalue weighted by Gasteiger charge is -2.49. The molecule has 1 aromatic rings. The molecule has 2 aliphatic rings. The third-order valence-corrected chi connectivity index (χ3v) is 6.74. The fourth-order valence-electron chi connectivity index (χ4n) is 4.69. The van der Waals surface area contributed by atoms with Gasteiger partial charge in [0.05, 0.1) is 24.3 Å². The van der Waals surface area contributed by atoms with Crippen LogP contribution in [0.1, 0.15) is 55.7 Å². The number of benzene rings is 1. The summed E-state index contributed by atoms with van der Waals surface area (Å²) in [5.74, 6) is -0.0781. The van der Waals surface area contributed by atoms with Crippen molar-refractivity contribution in [3.05, 3.63) is 59.2 Å². The molecule has 3 rings (SSSR count). The summed E-state index contributed by atoms with van der Waals surface area (Å²) in [6.45, 7) is 2.30. The quantitative estimate of drug-likeness (QED) is 0.498. The normalized spacial score (nSPS) is 26.6. The van der Waals surface area contributed by atoms with Crippen LogP contribution >= 0.6 is 0 Å². The topological polar surface area (TPSA) is 38.3 Å². The molecule has 1 amide bonds. The Balaban J connectivity index is 1.85. The van der Waals surface area contributed by atoms with Crippen LogP contribution < -0.4 is 5.32 Å². The molecule has 1 aliphatic heterocycles. The molecule has 1 aromatic carbocycles. The van der Waals surface area contributed by atoms with Gasteiger partial charge >= 0.3 is 12.4 Å². The number of hydrogen-bond donors (Lipinski definition) is 1. The molecule has 1 N–H and O–H groups in total. The van der Waals surface area contributed by atoms with Crippen LogP contribution in [0.15, 0.2) is 42.5 Å². The van der Waals surface area contributed by atoms with Crippen molar-refractivity contribution in [1.29, 1.82) is 0 Å². The van der Waals surface area contributed by atoms with E-state index in [0.29, 0.717) is 44.4 Å². The zero-order chi connectivity index (χ0) is 24.3. The number of rotatable bonds is 5. The van der Waals surface area contributed by atoms with Crippen molar-refractivity contribution >= 4 is 5.91 Å². The lowest BCUT2D eigenvalue weighted by Crippen LogP contribution is -2.45. The number of halogens is 6. The van der Waals surface area contributed by atoms with E-state index < -0.39 is 35.5 Å². The van der Waals surface area contributed by atoms with Crippen molar-refractivity contribution in [3.8, 4) is 0 Å². The van der Waals surface area contributed by atoms with Gasteiger partial charge in [0.1, 0.15) is 0 Å². The molecule has 0 saturated carbocycles. The van der Waals surface area contributed by atoms with Crippen LogP contribution in [0.5, 0.6) is 0 Å². The molecule has 2 unspecified atom stereocenters. The Labute approximate surface area is 188 Å². The Hall–Kier alpha value is -2.29. The van der Waals surface area contributed by atoms with Crippen molar-refractivity contribution in [2.45, 2.75) is 58.0 Å². The van der Waals surface area contributed by atoms with E-state index in [2.05, 4.69) is 18.3 Å². The van der Waals surface area contributed by atoms with E-state index in [1.54, 1.807) is 0 Å². The van der Waals surface area contributed by atoms with E-state index in [4.69, 9.17) is 4.74 Å². The first-order valence-electron chi connectivity index (χ1n) is 10.8. The van der Waals surface area contributed by atoms with Crippen molar-refractivity contribution in [3.63, 3.8) is 0 Å². The highest BCUT2D eigenvalue weighted by Gasteiger charge is 2.46. The summed E-state index contributed by atoms with van der Waals surface area (Å²) < 4.78 is 84.8. The molecule has 1 fully saturated rings. The second kappa shape index (κ2) is 9.52. The molecule has 0 bridgehead atoms. The average Bonchev–Trinajstić information content (AvgIpc) is 2.72. The smallest absolute Gasteiger partial charge is 0.376 e. The molecule has 9 heteroatoms. The summed E-state index contributed by atoms with van der Waals surface area (Å²) in [4.78, 5) is 12.1. The van der Waals surface area contributed by atoms with Crippen molar-refractivity contribution in [2.75, 3.05) is 13.2 Å². The summed E-state index contributed by atoms with van der Waals surface area (Å²) in [7, 11) is 0. The molecular formula is C24H27F6NO2. The van der Waals surface area contributed by atoms with Crippen LogP contribution in [0, 0.1) is 10.8 Å². The van der Waals surface area contributed by atoms with Crippen LogP contribution in [0.3, 0.4) is 0 Å². The predicted octanol–water partition coefficient (Wildman–Crippen LogP) is 6.44. The lowest BCUT2D eigenvalue weighted by molar-refractivity contribution is -0.143. The molecule has 0 spiro atoms. The maximum Gasteiger partial charge on any atom is 0.416 e. The Morgan fingerprint density at radius 2 is 1.67 bits per heavy atom. The summed E-state index contributed by atoms with van der Waals surface area (Å²) in [5, 5.41) is 2.84. The van der Waals surface area contributed by atoms with E-state index in [0.717, 1.165) is 0 Å². The molecule has 3 nitrogen and oxygen atoms in total. The van der Waals surface area contributed by atoms with Gasteiger partial charge in [-0.3, -0.25) is 4.79 Å². The Kier molecular flexibility index (Phi) is 7.31. The minimum absolute atomic E-state index is 0.0781. The summed E-state index contributed by atoms with van der Waals surface area (Å²) >= 11 is 0. The minimum Gasteiger partial charge on any atom is -0.376 e. The summed E-state index contributed by atoms with van der Waals surface area (Å²) in [5.41, 5.74) is -3.76. The highest BCUT2D eigenvalue weighted by Crippen LogP contribution is 2.52. The minimum atomic E-state index is -4.91. The standard InChI is InChI=1S/C24H27F6NO2/c1-21(7-3-2-4-8-21)22(9-5-11-31-20(32)6-10-22)16-33-15-17-12-18(23(25,26)27)14-19(13-17)24(28,29)30/h2-4,7,12-14H,5-6,8-11,15-16H2,1H3,(H,31,32). The van der Waals surface area contributed by atoms with Gasteiger partial charge in [-0.25, -0.2) is 0 Å². The highest BCUT2D eigenvalue weighted by molar-refractivity contribution is 5.76. The van der Waals surface area contributed by atoms with Crippen molar-refractivity contribution in [2.24, 2.45) is 10.8 Å². The number of carbonyl (C=O) groups excluding carboxylic acids is 1. The second-order valence-corrected chi connectivity index (χ2v) is 9.05. The Bertz CT molecular complexity index is 888. The first-order valence-corrected chi connectivity index (χ1v) is 10.8. The molecule has 0 radical (unpaired) electrons. The van der Waals surface area contributed by atoms with Crippen LogP contribution in [0.4, 0.5) is 26.3 Å². The van der Waals surface area contributed by atoms with Crippen molar-refractivity contribution in [1.82, 2.24) is 5.32 Å². The number of carbonyl (C=O) groups is 1. The van der Waals surface area contributed by atoms with Gasteiger partial charge in [0.25, 0.3) is 0 Å². The second-order valence-electron chi connectivity index (χ2n) is 9.05. The molecule has 182 valence electrons. The molecular weight excluding hydrogens is 448 g/mol. The lowest BCUT2D eigenvalue weighted by atomic mass is 9.57. The molecule has 1 saturated heterocycles. The Morgan fingerprint density at radius 3 is 2.24 bits per heavy atom.